The maximum Gasteiger partial charge on any atom is 0.142 e. The zero-order chi connectivity index (χ0) is 35.5. The van der Waals surface area contributed by atoms with Crippen molar-refractivity contribution < 1.29 is 0 Å². The molecule has 7 N–H and O–H groups in total. The van der Waals surface area contributed by atoms with Gasteiger partial charge in [-0.25, -0.2) is 19.9 Å². The average molecular weight is 760 g/mol. The molecule has 0 spiro atoms. The van der Waals surface area contributed by atoms with Gasteiger partial charge in [-0.05, 0) is 66.6 Å². The molecule has 12 nitrogen and oxygen atoms in total. The van der Waals surface area contributed by atoms with E-state index in [1.807, 2.05) is 36.9 Å². The Labute approximate surface area is 310 Å². The monoisotopic (exact) mass is 758 g/mol. The van der Waals surface area contributed by atoms with Crippen LogP contribution < -0.4 is 21.3 Å². The van der Waals surface area contributed by atoms with Crippen LogP contribution in [0.15, 0.2) is 103 Å². The Morgan fingerprint density at radius 1 is 0.654 bits per heavy atom. The van der Waals surface area contributed by atoms with Gasteiger partial charge in [0.15, 0.2) is 0 Å². The molecule has 2 aliphatic rings. The van der Waals surface area contributed by atoms with Crippen molar-refractivity contribution in [1.82, 2.24) is 40.1 Å². The van der Waals surface area contributed by atoms with E-state index in [9.17, 15) is 0 Å². The summed E-state index contributed by atoms with van der Waals surface area (Å²) in [5.41, 5.74) is 19.3. The number of nitrogens with zero attached hydrogens (tertiary/aromatic N) is 7. The van der Waals surface area contributed by atoms with Gasteiger partial charge in [-0.3, -0.25) is 5.10 Å². The first kappa shape index (κ1) is 34.0. The second-order valence-corrected chi connectivity index (χ2v) is 14.8. The van der Waals surface area contributed by atoms with Crippen molar-refractivity contribution in [2.75, 3.05) is 49.1 Å². The molecule has 266 valence electrons. The third-order valence-corrected chi connectivity index (χ3v) is 11.7. The summed E-state index contributed by atoms with van der Waals surface area (Å²) in [4.78, 5) is 28.7. The van der Waals surface area contributed by atoms with E-state index < -0.39 is 0 Å². The molecule has 9 rings (SSSR count). The van der Waals surface area contributed by atoms with Crippen LogP contribution in [0.5, 0.6) is 0 Å². The fourth-order valence-electron chi connectivity index (χ4n) is 7.99. The lowest BCUT2D eigenvalue weighted by atomic mass is 9.72. The molecule has 0 radical (unpaired) electrons. The van der Waals surface area contributed by atoms with Crippen LogP contribution in [0.25, 0.3) is 33.2 Å². The number of fused-ring (bicyclic) bond motifs is 2. The van der Waals surface area contributed by atoms with Crippen molar-refractivity contribution in [1.29, 1.82) is 0 Å². The predicted molar refractivity (Wildman–Crippen MR) is 210 cm³/mol. The highest BCUT2D eigenvalue weighted by Crippen LogP contribution is 2.39. The van der Waals surface area contributed by atoms with Gasteiger partial charge < -0.3 is 31.2 Å². The number of halogens is 1. The normalized spacial score (nSPS) is 16.9. The molecule has 2 saturated heterocycles. The van der Waals surface area contributed by atoms with Crippen LogP contribution in [-0.2, 0) is 10.8 Å². The second-order valence-electron chi connectivity index (χ2n) is 13.9. The molecule has 0 bridgehead atoms. The summed E-state index contributed by atoms with van der Waals surface area (Å²) in [7, 11) is 0. The van der Waals surface area contributed by atoms with Crippen LogP contribution in [-0.4, -0.2) is 79.4 Å². The number of nitrogens with one attached hydrogen (secondary N) is 3. The maximum atomic E-state index is 6.33. The molecule has 5 aromatic heterocycles. The first-order valence-electron chi connectivity index (χ1n) is 17.8. The highest BCUT2D eigenvalue weighted by molar-refractivity contribution is 9.10. The summed E-state index contributed by atoms with van der Waals surface area (Å²) in [6, 6.07) is 21.4. The van der Waals surface area contributed by atoms with Crippen LogP contribution in [0.2, 0.25) is 0 Å². The Hall–Kier alpha value is -5.11. The van der Waals surface area contributed by atoms with E-state index in [1.54, 1.807) is 12.7 Å². The van der Waals surface area contributed by atoms with Gasteiger partial charge >= 0.3 is 0 Å². The summed E-state index contributed by atoms with van der Waals surface area (Å²) in [6.07, 6.45) is 14.9. The highest BCUT2D eigenvalue weighted by Gasteiger charge is 2.37. The molecule has 0 unspecified atom stereocenters. The van der Waals surface area contributed by atoms with Gasteiger partial charge in [-0.1, -0.05) is 52.3 Å². The number of anilines is 2. The van der Waals surface area contributed by atoms with Gasteiger partial charge in [0.25, 0.3) is 0 Å². The molecular weight excluding hydrogens is 716 g/mol. The third kappa shape index (κ3) is 6.44. The molecule has 2 aliphatic heterocycles. The number of piperidine rings is 2. The lowest BCUT2D eigenvalue weighted by Gasteiger charge is -2.42. The molecule has 0 aliphatic carbocycles. The smallest absolute Gasteiger partial charge is 0.142 e. The van der Waals surface area contributed by atoms with Crippen molar-refractivity contribution >= 4 is 49.6 Å². The number of benzene rings is 2. The predicted octanol–water partition coefficient (Wildman–Crippen LogP) is 6.06. The Morgan fingerprint density at radius 3 is 1.69 bits per heavy atom. The van der Waals surface area contributed by atoms with Crippen molar-refractivity contribution in [3.63, 3.8) is 0 Å². The zero-order valence-electron chi connectivity index (χ0n) is 29.0. The van der Waals surface area contributed by atoms with Gasteiger partial charge in [0.2, 0.25) is 0 Å². The second kappa shape index (κ2) is 14.5. The van der Waals surface area contributed by atoms with Gasteiger partial charge in [-0.15, -0.1) is 0 Å². The quantitative estimate of drug-likeness (QED) is 0.130. The Balaban J connectivity index is 0.000000151. The molecule has 0 saturated carbocycles. The summed E-state index contributed by atoms with van der Waals surface area (Å²) < 4.78 is 1.11. The van der Waals surface area contributed by atoms with E-state index in [0.717, 1.165) is 95.6 Å². The lowest BCUT2D eigenvalue weighted by Crippen LogP contribution is -2.47. The van der Waals surface area contributed by atoms with Crippen LogP contribution in [0.3, 0.4) is 0 Å². The summed E-state index contributed by atoms with van der Waals surface area (Å²) >= 11 is 3.58. The average Bonchev–Trinajstić information content (AvgIpc) is 4.01. The maximum absolute atomic E-state index is 6.33. The number of hydrogen-bond acceptors (Lipinski definition) is 9. The standard InChI is InChI=1S/C21H23N7.C18H20BrN5/c22-13-21(17-3-1-2-15(10-17)16-11-26-27-12-16)5-8-28(9-6-21)20-18-4-7-23-19(18)24-14-25-20;19-14-3-1-2-13(10-14)18(11-20)5-8-24(9-6-18)17-15-4-7-21-16(15)22-12-23-17/h1-4,7,10-12,14H,5-6,8-9,13,22H2,(H,26,27)(H,23,24,25);1-4,7,10,12H,5-6,8-9,11,20H2,(H,21,22,23). The third-order valence-electron chi connectivity index (χ3n) is 11.2. The Bertz CT molecular complexity index is 2240. The molecule has 2 aromatic carbocycles. The Kier molecular flexibility index (Phi) is 9.47. The fourth-order valence-corrected chi connectivity index (χ4v) is 8.39. The SMILES string of the molecule is NCC1(c2cccc(-c3cn[nH]c3)c2)CCN(c2ncnc3[nH]ccc23)CC1.NCC1(c2cccc(Br)c2)CCN(c2ncnc3[nH]ccc23)CC1. The minimum atomic E-state index is -0.0134. The van der Waals surface area contributed by atoms with Gasteiger partial charge in [0.1, 0.15) is 35.6 Å². The van der Waals surface area contributed by atoms with E-state index in [0.29, 0.717) is 13.1 Å². The minimum Gasteiger partial charge on any atom is -0.356 e. The van der Waals surface area contributed by atoms with Crippen LogP contribution in [0.4, 0.5) is 11.6 Å². The van der Waals surface area contributed by atoms with E-state index in [2.05, 4.69) is 114 Å². The van der Waals surface area contributed by atoms with E-state index >= 15 is 0 Å². The highest BCUT2D eigenvalue weighted by atomic mass is 79.9. The van der Waals surface area contributed by atoms with Crippen molar-refractivity contribution in [3.05, 3.63) is 114 Å². The molecule has 7 heterocycles. The van der Waals surface area contributed by atoms with Crippen LogP contribution in [0.1, 0.15) is 36.8 Å². The zero-order valence-corrected chi connectivity index (χ0v) is 30.6. The van der Waals surface area contributed by atoms with Gasteiger partial charge in [-0.2, -0.15) is 5.10 Å². The summed E-state index contributed by atoms with van der Waals surface area (Å²) in [6.45, 7) is 5.04. The molecule has 7 aromatic rings. The van der Waals surface area contributed by atoms with Crippen molar-refractivity contribution in [2.24, 2.45) is 11.5 Å². The summed E-state index contributed by atoms with van der Waals surface area (Å²) in [5.74, 6) is 2.02. The topological polar surface area (TPSA) is 170 Å². The number of nitrogens with two attached hydrogens (primary N) is 2. The minimum absolute atomic E-state index is 0.0134. The first-order chi connectivity index (χ1) is 25.5. The van der Waals surface area contributed by atoms with E-state index in [4.69, 9.17) is 11.5 Å². The molecule has 2 fully saturated rings. The number of hydrogen-bond donors (Lipinski definition) is 5. The molecular formula is C39H43BrN12. The van der Waals surface area contributed by atoms with Gasteiger partial charge in [0, 0.05) is 78.7 Å². The van der Waals surface area contributed by atoms with Crippen molar-refractivity contribution in [2.45, 2.75) is 36.5 Å². The van der Waals surface area contributed by atoms with E-state index in [-0.39, 0.29) is 10.8 Å². The first-order valence-corrected chi connectivity index (χ1v) is 18.6. The number of H-pyrrole nitrogens is 3. The van der Waals surface area contributed by atoms with E-state index in [1.165, 1.54) is 16.7 Å². The molecule has 0 amide bonds. The van der Waals surface area contributed by atoms with Gasteiger partial charge in [0.05, 0.1) is 17.0 Å². The number of aromatic nitrogens is 8. The molecule has 13 heteroatoms. The number of aromatic amines is 3. The van der Waals surface area contributed by atoms with Crippen LogP contribution in [0, 0.1) is 0 Å². The largest absolute Gasteiger partial charge is 0.356 e. The molecule has 52 heavy (non-hydrogen) atoms. The number of rotatable bonds is 7. The fraction of sp³-hybridized carbons (Fsp3) is 0.308. The Morgan fingerprint density at radius 2 is 1.19 bits per heavy atom. The van der Waals surface area contributed by atoms with Crippen LogP contribution >= 0.6 is 15.9 Å². The lowest BCUT2D eigenvalue weighted by molar-refractivity contribution is 0.339. The molecule has 0 atom stereocenters. The summed E-state index contributed by atoms with van der Waals surface area (Å²) in [5, 5.41) is 9.12. The van der Waals surface area contributed by atoms with Crippen molar-refractivity contribution in [3.8, 4) is 11.1 Å².